The molecule has 0 fully saturated rings. The van der Waals surface area contributed by atoms with Crippen LogP contribution in [0.25, 0.3) is 0 Å². The second-order valence-electron chi connectivity index (χ2n) is 0.963. The second kappa shape index (κ2) is 5.65. The summed E-state index contributed by atoms with van der Waals surface area (Å²) >= 11 is 0. The van der Waals surface area contributed by atoms with Crippen LogP contribution in [0.5, 0.6) is 0 Å². The molecule has 0 bridgehead atoms. The molecule has 0 aromatic heterocycles. The summed E-state index contributed by atoms with van der Waals surface area (Å²) in [5, 5.41) is 3.88. The van der Waals surface area contributed by atoms with Crippen LogP contribution in [-0.4, -0.2) is 30.5 Å². The minimum atomic E-state index is -4.67. The third-order valence-electron chi connectivity index (χ3n) is 0. The third-order valence-corrected chi connectivity index (χ3v) is 0. The lowest BCUT2D eigenvalue weighted by molar-refractivity contribution is 0.381. The third kappa shape index (κ3) is 719000. The number of rotatable bonds is 0. The summed E-state index contributed by atoms with van der Waals surface area (Å²) < 4.78 is 56.8. The highest BCUT2D eigenvalue weighted by molar-refractivity contribution is 7.83. The van der Waals surface area contributed by atoms with Crippen molar-refractivity contribution in [3.05, 3.63) is 0 Å². The number of hydrogen-bond donors (Lipinski definition) is 4. The van der Waals surface area contributed by atoms with Gasteiger partial charge in [-0.05, 0) is 0 Å². The molecule has 0 heterocycles. The van der Waals surface area contributed by atoms with Gasteiger partial charge in [-0.3, -0.25) is 13.7 Å². The first-order chi connectivity index (χ1) is 4.00. The maximum Gasteiger partial charge on any atom is 0.394 e. The largest absolute Gasteiger partial charge is 0.394 e. The maximum absolute atomic E-state index is 8.97. The minimum absolute atomic E-state index is 0. The van der Waals surface area contributed by atoms with Gasteiger partial charge in [-0.1, -0.05) is 0 Å². The molecular formula is H6ClNO7S2. The van der Waals surface area contributed by atoms with Crippen LogP contribution in [0.1, 0.15) is 0 Å². The van der Waals surface area contributed by atoms with Gasteiger partial charge >= 0.3 is 20.7 Å². The van der Waals surface area contributed by atoms with E-state index in [2.05, 4.69) is 5.14 Å². The average molecular weight is 232 g/mol. The Morgan fingerprint density at radius 1 is 0.909 bits per heavy atom. The van der Waals surface area contributed by atoms with Crippen molar-refractivity contribution >= 4 is 33.1 Å². The molecule has 0 unspecified atom stereocenters. The summed E-state index contributed by atoms with van der Waals surface area (Å²) in [6.07, 6.45) is 0. The fourth-order valence-electron chi connectivity index (χ4n) is 0. The van der Waals surface area contributed by atoms with Gasteiger partial charge in [0.25, 0.3) is 0 Å². The van der Waals surface area contributed by atoms with Crippen LogP contribution in [0.3, 0.4) is 0 Å². The molecule has 0 saturated heterocycles. The normalized spacial score (nSPS) is 10.5. The Bertz CT molecular complexity index is 213. The zero-order valence-electron chi connectivity index (χ0n) is 4.78. The van der Waals surface area contributed by atoms with Gasteiger partial charge in [0.05, 0.1) is 0 Å². The van der Waals surface area contributed by atoms with E-state index in [1.54, 1.807) is 0 Å². The van der Waals surface area contributed by atoms with E-state index in [1.165, 1.54) is 0 Å². The van der Waals surface area contributed by atoms with Crippen LogP contribution < -0.4 is 5.14 Å². The van der Waals surface area contributed by atoms with Crippen LogP contribution in [0, 0.1) is 0 Å². The Balaban J connectivity index is -0.000000107. The van der Waals surface area contributed by atoms with Gasteiger partial charge in [-0.15, -0.1) is 12.4 Å². The molecule has 0 aromatic rings. The van der Waals surface area contributed by atoms with Crippen molar-refractivity contribution in [2.45, 2.75) is 0 Å². The number of halogens is 1. The summed E-state index contributed by atoms with van der Waals surface area (Å²) in [7, 11) is -8.83. The van der Waals surface area contributed by atoms with Crippen LogP contribution in [-0.2, 0) is 20.7 Å². The van der Waals surface area contributed by atoms with Crippen LogP contribution in [0.2, 0.25) is 0 Å². The van der Waals surface area contributed by atoms with Crippen molar-refractivity contribution < 1.29 is 30.5 Å². The molecule has 8 nitrogen and oxygen atoms in total. The first-order valence-electron chi connectivity index (χ1n) is 1.45. The van der Waals surface area contributed by atoms with Gasteiger partial charge in [0.15, 0.2) is 0 Å². The highest BCUT2D eigenvalue weighted by atomic mass is 35.5. The summed E-state index contributed by atoms with van der Waals surface area (Å²) in [6, 6.07) is 0. The standard InChI is InChI=1S/ClH.H3NO3S.H2O4S/c;2*1-5(2,3)4/h1H;(H3,1,2,3,4);(H2,1,2,3,4). The molecule has 0 radical (unpaired) electrons. The number of nitrogens with two attached hydrogens (primary N) is 1. The predicted molar refractivity (Wildman–Crippen MR) is 37.2 cm³/mol. The van der Waals surface area contributed by atoms with Gasteiger partial charge in [0.2, 0.25) is 0 Å². The Morgan fingerprint density at radius 2 is 0.909 bits per heavy atom. The Labute approximate surface area is 69.3 Å². The Kier molecular flexibility index (Phi) is 8.84. The summed E-state index contributed by atoms with van der Waals surface area (Å²) in [5.41, 5.74) is 0. The molecule has 0 aliphatic heterocycles. The molecule has 72 valence electrons. The van der Waals surface area contributed by atoms with E-state index in [0.29, 0.717) is 0 Å². The van der Waals surface area contributed by atoms with Crippen LogP contribution in [0.4, 0.5) is 0 Å². The summed E-state index contributed by atoms with van der Waals surface area (Å²) in [4.78, 5) is 0. The first kappa shape index (κ1) is 17.2. The molecule has 0 aliphatic rings. The van der Waals surface area contributed by atoms with E-state index in [1.807, 2.05) is 0 Å². The van der Waals surface area contributed by atoms with E-state index in [0.717, 1.165) is 0 Å². The van der Waals surface area contributed by atoms with E-state index in [9.17, 15) is 0 Å². The molecule has 0 amide bonds. The molecule has 5 N–H and O–H groups in total. The van der Waals surface area contributed by atoms with Gasteiger partial charge < -0.3 is 0 Å². The van der Waals surface area contributed by atoms with E-state index in [-0.39, 0.29) is 12.4 Å². The van der Waals surface area contributed by atoms with Crippen molar-refractivity contribution in [1.29, 1.82) is 0 Å². The molecule has 0 aliphatic carbocycles. The van der Waals surface area contributed by atoms with E-state index < -0.39 is 20.7 Å². The fourth-order valence-corrected chi connectivity index (χ4v) is 0. The lowest BCUT2D eigenvalue weighted by atomic mass is 13.9. The van der Waals surface area contributed by atoms with Crippen molar-refractivity contribution in [3.63, 3.8) is 0 Å². The Morgan fingerprint density at radius 3 is 0.909 bits per heavy atom. The molecular weight excluding hydrogens is 226 g/mol. The average Bonchev–Trinajstić information content (AvgIpc) is 1.12. The zero-order valence-corrected chi connectivity index (χ0v) is 7.23. The molecule has 11 heavy (non-hydrogen) atoms. The SMILES string of the molecule is Cl.NS(=O)(=O)O.O=S(=O)(O)O. The van der Waals surface area contributed by atoms with Crippen LogP contribution >= 0.6 is 12.4 Å². The van der Waals surface area contributed by atoms with Gasteiger partial charge in [0, 0.05) is 0 Å². The quantitative estimate of drug-likeness (QED) is 0.370. The van der Waals surface area contributed by atoms with Crippen molar-refractivity contribution in [3.8, 4) is 0 Å². The lowest BCUT2D eigenvalue weighted by Gasteiger charge is -1.70. The molecule has 0 saturated carbocycles. The Hall–Kier alpha value is 0.0300. The van der Waals surface area contributed by atoms with Crippen LogP contribution in [0.15, 0.2) is 0 Å². The summed E-state index contributed by atoms with van der Waals surface area (Å²) in [6.45, 7) is 0. The molecule has 0 aromatic carbocycles. The van der Waals surface area contributed by atoms with Gasteiger partial charge in [-0.25, -0.2) is 5.14 Å². The highest BCUT2D eigenvalue weighted by Crippen LogP contribution is 1.59. The zero-order chi connectivity index (χ0) is 9.00. The molecule has 0 spiro atoms. The van der Waals surface area contributed by atoms with Crippen molar-refractivity contribution in [2.75, 3.05) is 0 Å². The van der Waals surface area contributed by atoms with Crippen molar-refractivity contribution in [1.82, 2.24) is 0 Å². The first-order valence-corrected chi connectivity index (χ1v) is 4.35. The summed E-state index contributed by atoms with van der Waals surface area (Å²) in [5.74, 6) is 0. The minimum Gasteiger partial charge on any atom is -0.274 e. The lowest BCUT2D eigenvalue weighted by Crippen LogP contribution is -2.08. The van der Waals surface area contributed by atoms with E-state index >= 15 is 0 Å². The monoisotopic (exact) mass is 231 g/mol. The topological polar surface area (TPSA) is 155 Å². The number of hydrogen-bond acceptors (Lipinski definition) is 4. The highest BCUT2D eigenvalue weighted by Gasteiger charge is 1.84. The predicted octanol–water partition coefficient (Wildman–Crippen LogP) is -1.48. The maximum atomic E-state index is 8.97. The second-order valence-corrected chi connectivity index (χ2v) is 2.89. The smallest absolute Gasteiger partial charge is 0.274 e. The van der Waals surface area contributed by atoms with E-state index in [4.69, 9.17) is 30.5 Å². The molecule has 0 atom stereocenters. The van der Waals surface area contributed by atoms with Gasteiger partial charge in [-0.2, -0.15) is 16.8 Å². The van der Waals surface area contributed by atoms with Crippen molar-refractivity contribution in [2.24, 2.45) is 5.14 Å². The fraction of sp³-hybridized carbons (Fsp3) is 0. The molecule has 0 rings (SSSR count). The van der Waals surface area contributed by atoms with Gasteiger partial charge in [0.1, 0.15) is 0 Å². The molecule has 11 heteroatoms.